The minimum absolute atomic E-state index is 0.395. The van der Waals surface area contributed by atoms with Gasteiger partial charge in [0.1, 0.15) is 0 Å². The summed E-state index contributed by atoms with van der Waals surface area (Å²) in [5.74, 6) is -7.10. The molecule has 0 aliphatic carbocycles. The average molecular weight is 394 g/mol. The second kappa shape index (κ2) is 6.88. The van der Waals surface area contributed by atoms with Gasteiger partial charge in [-0.15, -0.1) is 0 Å². The second-order valence-electron chi connectivity index (χ2n) is 5.11. The van der Waals surface area contributed by atoms with Crippen LogP contribution >= 0.6 is 0 Å². The normalized spacial score (nSPS) is 11.0. The monoisotopic (exact) mass is 394 g/mol. The van der Waals surface area contributed by atoms with Crippen molar-refractivity contribution in [2.75, 3.05) is 0 Å². The number of carbonyl (C=O) groups is 4. The van der Waals surface area contributed by atoms with E-state index in [1.165, 1.54) is 0 Å². The van der Waals surface area contributed by atoms with Crippen LogP contribution in [0.2, 0.25) is 0 Å². The van der Waals surface area contributed by atoms with E-state index in [1.807, 2.05) is 0 Å². The molecular formula is C16H10O10S. The van der Waals surface area contributed by atoms with Gasteiger partial charge in [0.15, 0.2) is 0 Å². The van der Waals surface area contributed by atoms with Crippen LogP contribution < -0.4 is 0 Å². The zero-order valence-corrected chi connectivity index (χ0v) is 13.9. The summed E-state index contributed by atoms with van der Waals surface area (Å²) in [6, 6.07) is 5.30. The first-order chi connectivity index (χ1) is 12.5. The number of benzene rings is 2. The van der Waals surface area contributed by atoms with Crippen molar-refractivity contribution in [2.45, 2.75) is 9.79 Å². The summed E-state index contributed by atoms with van der Waals surface area (Å²) >= 11 is 0. The molecule has 0 unspecified atom stereocenters. The molecular weight excluding hydrogens is 384 g/mol. The summed E-state index contributed by atoms with van der Waals surface area (Å²) in [6.07, 6.45) is 0. The molecule has 0 aliphatic heterocycles. The molecule has 0 heterocycles. The van der Waals surface area contributed by atoms with Crippen LogP contribution in [-0.4, -0.2) is 52.7 Å². The third-order valence-corrected chi connectivity index (χ3v) is 5.30. The van der Waals surface area contributed by atoms with Crippen molar-refractivity contribution in [1.29, 1.82) is 0 Å². The molecule has 0 fully saturated rings. The fourth-order valence-corrected chi connectivity index (χ4v) is 3.84. The molecule has 140 valence electrons. The van der Waals surface area contributed by atoms with Crippen molar-refractivity contribution in [3.63, 3.8) is 0 Å². The van der Waals surface area contributed by atoms with E-state index in [1.54, 1.807) is 0 Å². The molecule has 0 aliphatic rings. The number of rotatable bonds is 6. The highest BCUT2D eigenvalue weighted by Crippen LogP contribution is 2.29. The van der Waals surface area contributed by atoms with Crippen molar-refractivity contribution in [3.05, 3.63) is 58.7 Å². The van der Waals surface area contributed by atoms with Gasteiger partial charge in [0, 0.05) is 0 Å². The second-order valence-corrected chi connectivity index (χ2v) is 7.03. The van der Waals surface area contributed by atoms with Crippen LogP contribution in [0, 0.1) is 0 Å². The fraction of sp³-hybridized carbons (Fsp3) is 0. The van der Waals surface area contributed by atoms with Crippen molar-refractivity contribution < 1.29 is 48.0 Å². The van der Waals surface area contributed by atoms with Crippen LogP contribution in [0.3, 0.4) is 0 Å². The summed E-state index contributed by atoms with van der Waals surface area (Å²) in [5.41, 5.74) is -3.74. The number of hydrogen-bond donors (Lipinski definition) is 4. The van der Waals surface area contributed by atoms with Gasteiger partial charge in [-0.05, 0) is 30.3 Å². The zero-order chi connectivity index (χ0) is 20.5. The number of carboxylic acids is 4. The molecule has 2 rings (SSSR count). The van der Waals surface area contributed by atoms with Gasteiger partial charge in [-0.3, -0.25) is 0 Å². The Kier molecular flexibility index (Phi) is 4.99. The van der Waals surface area contributed by atoms with E-state index < -0.39 is 65.8 Å². The summed E-state index contributed by atoms with van der Waals surface area (Å²) in [7, 11) is -4.67. The summed E-state index contributed by atoms with van der Waals surface area (Å²) in [4.78, 5) is 43.6. The lowest BCUT2D eigenvalue weighted by atomic mass is 10.0. The Bertz CT molecular complexity index is 1100. The number of hydrogen-bond acceptors (Lipinski definition) is 6. The lowest BCUT2D eigenvalue weighted by Gasteiger charge is -2.13. The van der Waals surface area contributed by atoms with Crippen LogP contribution in [0.5, 0.6) is 0 Å². The zero-order valence-electron chi connectivity index (χ0n) is 13.1. The molecule has 0 radical (unpaired) electrons. The molecule has 10 nitrogen and oxygen atoms in total. The maximum Gasteiger partial charge on any atom is 0.337 e. The maximum atomic E-state index is 12.8. The van der Waals surface area contributed by atoms with Crippen molar-refractivity contribution >= 4 is 33.7 Å². The molecule has 0 saturated heterocycles. The quantitative estimate of drug-likeness (QED) is 0.557. The highest BCUT2D eigenvalue weighted by molar-refractivity contribution is 7.91. The molecule has 11 heteroatoms. The van der Waals surface area contributed by atoms with Crippen LogP contribution in [0.15, 0.2) is 46.2 Å². The first-order valence-corrected chi connectivity index (χ1v) is 8.42. The Labute approximate surface area is 150 Å². The third kappa shape index (κ3) is 3.48. The molecule has 0 saturated carbocycles. The molecule has 0 aromatic heterocycles. The molecule has 4 N–H and O–H groups in total. The van der Waals surface area contributed by atoms with Gasteiger partial charge >= 0.3 is 23.9 Å². The fourth-order valence-electron chi connectivity index (χ4n) is 2.34. The molecule has 0 bridgehead atoms. The Balaban J connectivity index is 2.89. The van der Waals surface area contributed by atoms with E-state index in [0.717, 1.165) is 24.3 Å². The standard InChI is InChI=1S/C16H10O10S/c17-13(18)7-2-1-3-8(6-7)27(25,26)10-5-4-9(14(19)20)11(15(21)22)12(10)16(23)24/h1-6H,(H,17,18)(H,19,20)(H,21,22)(H,23,24). The highest BCUT2D eigenvalue weighted by Gasteiger charge is 2.33. The lowest BCUT2D eigenvalue weighted by Crippen LogP contribution is -2.19. The van der Waals surface area contributed by atoms with E-state index in [0.29, 0.717) is 12.1 Å². The van der Waals surface area contributed by atoms with E-state index in [4.69, 9.17) is 10.2 Å². The molecule has 2 aromatic rings. The minimum Gasteiger partial charge on any atom is -0.478 e. The molecule has 0 spiro atoms. The molecule has 0 amide bonds. The third-order valence-electron chi connectivity index (χ3n) is 3.51. The smallest absolute Gasteiger partial charge is 0.337 e. The molecule has 2 aromatic carbocycles. The van der Waals surface area contributed by atoms with Gasteiger partial charge < -0.3 is 20.4 Å². The first-order valence-electron chi connectivity index (χ1n) is 6.93. The summed E-state index contributed by atoms with van der Waals surface area (Å²) < 4.78 is 25.6. The highest BCUT2D eigenvalue weighted by atomic mass is 32.2. The van der Waals surface area contributed by atoms with Gasteiger partial charge in [0.25, 0.3) is 0 Å². The Morgan fingerprint density at radius 2 is 1.30 bits per heavy atom. The lowest BCUT2D eigenvalue weighted by molar-refractivity contribution is 0.0630. The maximum absolute atomic E-state index is 12.8. The van der Waals surface area contributed by atoms with Crippen LogP contribution in [-0.2, 0) is 9.84 Å². The minimum atomic E-state index is -4.67. The van der Waals surface area contributed by atoms with Crippen LogP contribution in [0.4, 0.5) is 0 Å². The van der Waals surface area contributed by atoms with E-state index >= 15 is 0 Å². The molecule has 27 heavy (non-hydrogen) atoms. The van der Waals surface area contributed by atoms with Gasteiger partial charge in [-0.1, -0.05) is 6.07 Å². The van der Waals surface area contributed by atoms with E-state index in [9.17, 15) is 37.8 Å². The summed E-state index contributed by atoms with van der Waals surface area (Å²) in [6.45, 7) is 0. The van der Waals surface area contributed by atoms with E-state index in [2.05, 4.69) is 0 Å². The van der Waals surface area contributed by atoms with Crippen LogP contribution in [0.1, 0.15) is 41.4 Å². The van der Waals surface area contributed by atoms with Gasteiger partial charge in [0.2, 0.25) is 9.84 Å². The van der Waals surface area contributed by atoms with Crippen molar-refractivity contribution in [2.24, 2.45) is 0 Å². The van der Waals surface area contributed by atoms with E-state index in [-0.39, 0.29) is 0 Å². The molecule has 0 atom stereocenters. The largest absolute Gasteiger partial charge is 0.478 e. The predicted molar refractivity (Wildman–Crippen MR) is 86.2 cm³/mol. The number of carboxylic acid groups (broad SMARTS) is 4. The van der Waals surface area contributed by atoms with Crippen molar-refractivity contribution in [3.8, 4) is 0 Å². The first kappa shape index (κ1) is 19.6. The number of sulfone groups is 1. The SMILES string of the molecule is O=C(O)c1cccc(S(=O)(=O)c2ccc(C(=O)O)c(C(=O)O)c2C(=O)O)c1. The Hall–Kier alpha value is -3.73. The summed E-state index contributed by atoms with van der Waals surface area (Å²) in [5, 5.41) is 36.6. The van der Waals surface area contributed by atoms with Gasteiger partial charge in [0.05, 0.1) is 32.0 Å². The Morgan fingerprint density at radius 1 is 0.704 bits per heavy atom. The van der Waals surface area contributed by atoms with Crippen molar-refractivity contribution in [1.82, 2.24) is 0 Å². The van der Waals surface area contributed by atoms with Gasteiger partial charge in [-0.25, -0.2) is 27.6 Å². The average Bonchev–Trinajstić information content (AvgIpc) is 2.60. The topological polar surface area (TPSA) is 183 Å². The van der Waals surface area contributed by atoms with Crippen LogP contribution in [0.25, 0.3) is 0 Å². The van der Waals surface area contributed by atoms with Gasteiger partial charge in [-0.2, -0.15) is 0 Å². The Morgan fingerprint density at radius 3 is 1.78 bits per heavy atom. The predicted octanol–water partition coefficient (Wildman–Crippen LogP) is 1.31. The number of aromatic carboxylic acids is 4.